The lowest BCUT2D eigenvalue weighted by Crippen LogP contribution is -2.51. The van der Waals surface area contributed by atoms with Crippen LogP contribution in [0.1, 0.15) is 47.7 Å². The van der Waals surface area contributed by atoms with E-state index in [9.17, 15) is 9.59 Å². The number of amides is 3. The first kappa shape index (κ1) is 27.2. The fraction of sp³-hybridized carbons (Fsp3) is 0.500. The lowest BCUT2D eigenvalue weighted by Gasteiger charge is -2.40. The van der Waals surface area contributed by atoms with Crippen LogP contribution in [0.5, 0.6) is 0 Å². The Morgan fingerprint density at radius 2 is 2.09 bits per heavy atom. The van der Waals surface area contributed by atoms with Gasteiger partial charge in [-0.15, -0.1) is 0 Å². The van der Waals surface area contributed by atoms with Gasteiger partial charge in [0.05, 0.1) is 11.6 Å². The molecule has 188 valence electrons. The van der Waals surface area contributed by atoms with Gasteiger partial charge in [-0.2, -0.15) is 16.6 Å². The van der Waals surface area contributed by atoms with E-state index in [1.54, 1.807) is 24.3 Å². The van der Waals surface area contributed by atoms with Crippen LogP contribution in [-0.2, 0) is 6.54 Å². The molecule has 1 saturated heterocycles. The molecule has 8 nitrogen and oxygen atoms in total. The number of carbonyl (C=O) groups is 2. The van der Waals surface area contributed by atoms with Gasteiger partial charge in [0, 0.05) is 38.3 Å². The van der Waals surface area contributed by atoms with Crippen molar-refractivity contribution >= 4 is 46.5 Å². The van der Waals surface area contributed by atoms with Gasteiger partial charge in [0.1, 0.15) is 16.9 Å². The van der Waals surface area contributed by atoms with E-state index < -0.39 is 0 Å². The number of likely N-dealkylation sites (tertiary alicyclic amines) is 1. The van der Waals surface area contributed by atoms with Crippen molar-refractivity contribution < 1.29 is 9.59 Å². The number of aromatic nitrogens is 1. The number of nitrogens with one attached hydrogen (secondary N) is 2. The molecular formula is C24H30Cl2N6O2S. The highest BCUT2D eigenvalue weighted by molar-refractivity contribution is 7.07. The number of thiophene rings is 1. The van der Waals surface area contributed by atoms with E-state index in [0.717, 1.165) is 37.9 Å². The molecule has 0 aromatic carbocycles. The fourth-order valence-corrected chi connectivity index (χ4v) is 5.61. The Bertz CT molecular complexity index is 1030. The summed E-state index contributed by atoms with van der Waals surface area (Å²) in [7, 11) is 0. The average Bonchev–Trinajstić information content (AvgIpc) is 3.34. The minimum Gasteiger partial charge on any atom is -0.352 e. The number of nitriles is 1. The minimum atomic E-state index is -0.255. The van der Waals surface area contributed by atoms with Crippen molar-refractivity contribution in [2.75, 3.05) is 26.2 Å². The van der Waals surface area contributed by atoms with E-state index in [2.05, 4.69) is 27.4 Å². The Balaban J connectivity index is 1.49. The van der Waals surface area contributed by atoms with Crippen molar-refractivity contribution in [1.82, 2.24) is 25.4 Å². The number of piperidine rings is 1. The second-order valence-electron chi connectivity index (χ2n) is 8.66. The monoisotopic (exact) mass is 536 g/mol. The molecule has 0 spiro atoms. The van der Waals surface area contributed by atoms with E-state index in [1.807, 2.05) is 27.8 Å². The summed E-state index contributed by atoms with van der Waals surface area (Å²) in [6.45, 7) is 6.70. The molecule has 0 radical (unpaired) electrons. The van der Waals surface area contributed by atoms with E-state index in [1.165, 1.54) is 0 Å². The molecule has 0 aliphatic carbocycles. The van der Waals surface area contributed by atoms with Gasteiger partial charge in [0.25, 0.3) is 5.91 Å². The molecule has 2 aromatic heterocycles. The predicted molar refractivity (Wildman–Crippen MR) is 139 cm³/mol. The van der Waals surface area contributed by atoms with Gasteiger partial charge in [0.2, 0.25) is 0 Å². The maximum Gasteiger partial charge on any atom is 0.318 e. The molecule has 1 atom stereocenters. The molecule has 2 N–H and O–H groups in total. The number of rotatable bonds is 9. The second-order valence-corrected chi connectivity index (χ2v) is 10.2. The van der Waals surface area contributed by atoms with Gasteiger partial charge >= 0.3 is 6.03 Å². The van der Waals surface area contributed by atoms with Crippen molar-refractivity contribution in [2.45, 2.75) is 51.7 Å². The maximum absolute atomic E-state index is 12.7. The van der Waals surface area contributed by atoms with Crippen molar-refractivity contribution in [3.63, 3.8) is 0 Å². The molecule has 35 heavy (non-hydrogen) atoms. The number of carbonyl (C=O) groups excluding carboxylic acids is 2. The number of nitrogens with zero attached hydrogens (tertiary/aromatic N) is 4. The van der Waals surface area contributed by atoms with Gasteiger partial charge < -0.3 is 20.4 Å². The SMILES string of the molecule is Cc1cc(Cl)nc(Cl)c1C(=O)NCCC(C)N1CCC(N(Cc2ccsc2)C(=O)NCC#N)CC1. The summed E-state index contributed by atoms with van der Waals surface area (Å²) in [6.07, 6.45) is 2.49. The first-order valence-corrected chi connectivity index (χ1v) is 13.3. The Kier molecular flexibility index (Phi) is 10.2. The van der Waals surface area contributed by atoms with E-state index in [4.69, 9.17) is 28.5 Å². The summed E-state index contributed by atoms with van der Waals surface area (Å²) >= 11 is 13.6. The molecule has 3 amide bonds. The first-order valence-electron chi connectivity index (χ1n) is 11.6. The number of hydrogen-bond acceptors (Lipinski definition) is 6. The predicted octanol–water partition coefficient (Wildman–Crippen LogP) is 4.47. The van der Waals surface area contributed by atoms with E-state index >= 15 is 0 Å². The topological polar surface area (TPSA) is 101 Å². The number of pyridine rings is 1. The average molecular weight is 538 g/mol. The molecule has 11 heteroatoms. The Hall–Kier alpha value is -2.38. The highest BCUT2D eigenvalue weighted by Gasteiger charge is 2.29. The van der Waals surface area contributed by atoms with Crippen LogP contribution in [0, 0.1) is 18.3 Å². The number of halogens is 2. The second kappa shape index (κ2) is 13.1. The zero-order valence-electron chi connectivity index (χ0n) is 19.9. The van der Waals surface area contributed by atoms with E-state index in [0.29, 0.717) is 24.2 Å². The van der Waals surface area contributed by atoms with Crippen LogP contribution in [0.4, 0.5) is 4.79 Å². The van der Waals surface area contributed by atoms with Gasteiger partial charge in [-0.3, -0.25) is 4.79 Å². The summed E-state index contributed by atoms with van der Waals surface area (Å²) in [6, 6.07) is 5.80. The smallest absolute Gasteiger partial charge is 0.318 e. The standard InChI is InChI=1S/C24H30Cl2N6O2S/c1-16-13-20(25)30-22(26)21(16)23(33)28-8-3-17(2)31-10-4-19(5-11-31)32(24(34)29-9-7-27)14-18-6-12-35-15-18/h6,12-13,15,17,19H,3-5,8-11,14H2,1-2H3,(H,28,33)(H,29,34). The van der Waals surface area contributed by atoms with Crippen molar-refractivity contribution in [3.05, 3.63) is 49.9 Å². The number of aryl methyl sites for hydroxylation is 1. The van der Waals surface area contributed by atoms with Crippen molar-refractivity contribution in [3.8, 4) is 6.07 Å². The van der Waals surface area contributed by atoms with Crippen LogP contribution in [0.3, 0.4) is 0 Å². The van der Waals surface area contributed by atoms with Crippen LogP contribution in [0.2, 0.25) is 10.3 Å². The lowest BCUT2D eigenvalue weighted by molar-refractivity contribution is 0.0906. The normalized spacial score (nSPS) is 15.3. The molecule has 1 aliphatic rings. The Morgan fingerprint density at radius 1 is 1.34 bits per heavy atom. The third kappa shape index (κ3) is 7.55. The summed E-state index contributed by atoms with van der Waals surface area (Å²) in [5.41, 5.74) is 2.14. The molecular weight excluding hydrogens is 507 g/mol. The third-order valence-corrected chi connectivity index (χ3v) is 7.49. The lowest BCUT2D eigenvalue weighted by atomic mass is 10.0. The summed E-state index contributed by atoms with van der Waals surface area (Å²) in [4.78, 5) is 33.5. The highest BCUT2D eigenvalue weighted by atomic mass is 35.5. The zero-order chi connectivity index (χ0) is 25.4. The van der Waals surface area contributed by atoms with E-state index in [-0.39, 0.29) is 40.9 Å². The molecule has 1 fully saturated rings. The van der Waals surface area contributed by atoms with Crippen molar-refractivity contribution in [2.24, 2.45) is 0 Å². The molecule has 2 aromatic rings. The van der Waals surface area contributed by atoms with Crippen LogP contribution in [-0.4, -0.2) is 65.0 Å². The zero-order valence-corrected chi connectivity index (χ0v) is 22.2. The van der Waals surface area contributed by atoms with Gasteiger partial charge in [0.15, 0.2) is 0 Å². The van der Waals surface area contributed by atoms with Gasteiger partial charge in [-0.05, 0) is 67.1 Å². The Morgan fingerprint density at radius 3 is 2.71 bits per heavy atom. The van der Waals surface area contributed by atoms with Crippen molar-refractivity contribution in [1.29, 1.82) is 5.26 Å². The first-order chi connectivity index (χ1) is 16.8. The highest BCUT2D eigenvalue weighted by Crippen LogP contribution is 2.23. The van der Waals surface area contributed by atoms with Crippen LogP contribution >= 0.6 is 34.5 Å². The minimum absolute atomic E-state index is 0.00259. The number of urea groups is 1. The fourth-order valence-electron chi connectivity index (χ4n) is 4.33. The van der Waals surface area contributed by atoms with Crippen LogP contribution in [0.25, 0.3) is 0 Å². The summed E-state index contributed by atoms with van der Waals surface area (Å²) in [5, 5.41) is 18.9. The molecule has 0 saturated carbocycles. The number of hydrogen-bond donors (Lipinski definition) is 2. The molecule has 3 heterocycles. The molecule has 1 aliphatic heterocycles. The van der Waals surface area contributed by atoms with Crippen LogP contribution in [0.15, 0.2) is 22.9 Å². The molecule has 0 bridgehead atoms. The summed E-state index contributed by atoms with van der Waals surface area (Å²) in [5.74, 6) is -0.255. The molecule has 3 rings (SSSR count). The van der Waals surface area contributed by atoms with Gasteiger partial charge in [-0.25, -0.2) is 9.78 Å². The summed E-state index contributed by atoms with van der Waals surface area (Å²) < 4.78 is 0. The Labute approximate surface area is 220 Å². The quantitative estimate of drug-likeness (QED) is 0.363. The van der Waals surface area contributed by atoms with Gasteiger partial charge in [-0.1, -0.05) is 23.2 Å². The largest absolute Gasteiger partial charge is 0.352 e. The third-order valence-electron chi connectivity index (χ3n) is 6.29. The maximum atomic E-state index is 12.7. The van der Waals surface area contributed by atoms with Crippen LogP contribution < -0.4 is 10.6 Å². The molecule has 1 unspecified atom stereocenters.